The summed E-state index contributed by atoms with van der Waals surface area (Å²) in [5, 5.41) is 31.0. The lowest BCUT2D eigenvalue weighted by molar-refractivity contribution is -0.142. The van der Waals surface area contributed by atoms with E-state index in [1.54, 1.807) is 44.2 Å². The number of hydrogen-bond acceptors (Lipinski definition) is 11. The summed E-state index contributed by atoms with van der Waals surface area (Å²) >= 11 is 0. The van der Waals surface area contributed by atoms with Crippen molar-refractivity contribution in [2.45, 2.75) is 101 Å². The topological polar surface area (TPSA) is 397 Å². The smallest absolute Gasteiger partial charge is 0.326 e. The molecule has 0 fully saturated rings. The van der Waals surface area contributed by atoms with Gasteiger partial charge in [-0.05, 0) is 37.2 Å². The number of aliphatic imine (C=N–C) groups is 1. The van der Waals surface area contributed by atoms with Gasteiger partial charge in [-0.25, -0.2) is 4.79 Å². The molecule has 0 spiro atoms. The average Bonchev–Trinajstić information content (AvgIpc) is 3.10. The molecule has 0 radical (unpaired) electrons. The SMILES string of the molecule is CC(C)[C@H](NC(=O)[C@H](Cc1ccccc1)NC(=O)[C@H](CCC(=O)O)NC(=O)[C@@H](N)CC(N)=O)C(=O)N[C@@H](CCCN=C(N)N)C(=O)N[C@@H](CCC(N)=O)C(=O)O. The van der Waals surface area contributed by atoms with Crippen LogP contribution >= 0.6 is 0 Å². The molecular weight excluding hydrogens is 738 g/mol. The third-order valence-corrected chi connectivity index (χ3v) is 8.07. The van der Waals surface area contributed by atoms with E-state index in [2.05, 4.69) is 31.6 Å². The number of nitrogens with one attached hydrogen (secondary N) is 5. The maximum Gasteiger partial charge on any atom is 0.326 e. The molecule has 0 aromatic heterocycles. The summed E-state index contributed by atoms with van der Waals surface area (Å²) < 4.78 is 0. The largest absolute Gasteiger partial charge is 0.481 e. The number of guanidine groups is 1. The molecule has 0 saturated heterocycles. The number of aliphatic carboxylic acids is 2. The lowest BCUT2D eigenvalue weighted by atomic mass is 9.99. The van der Waals surface area contributed by atoms with Crippen molar-refractivity contribution >= 4 is 59.2 Å². The van der Waals surface area contributed by atoms with E-state index in [4.69, 9.17) is 28.7 Å². The van der Waals surface area contributed by atoms with Crippen LogP contribution in [0.4, 0.5) is 0 Å². The Bertz CT molecular complexity index is 1590. The second-order valence-electron chi connectivity index (χ2n) is 13.2. The molecule has 0 bridgehead atoms. The van der Waals surface area contributed by atoms with Crippen molar-refractivity contribution in [1.82, 2.24) is 26.6 Å². The van der Waals surface area contributed by atoms with E-state index in [1.807, 2.05) is 0 Å². The highest BCUT2D eigenvalue weighted by molar-refractivity contribution is 5.97. The van der Waals surface area contributed by atoms with Gasteiger partial charge in [-0.3, -0.25) is 43.3 Å². The Morgan fingerprint density at radius 3 is 1.68 bits per heavy atom. The highest BCUT2D eigenvalue weighted by Gasteiger charge is 2.34. The number of nitrogens with two attached hydrogens (primary N) is 5. The first kappa shape index (κ1) is 47.7. The summed E-state index contributed by atoms with van der Waals surface area (Å²) in [4.78, 5) is 117. The van der Waals surface area contributed by atoms with Crippen LogP contribution in [-0.4, -0.2) is 112 Å². The molecule has 0 aliphatic carbocycles. The number of hydrogen-bond donors (Lipinski definition) is 12. The Hall–Kier alpha value is -6.32. The number of benzene rings is 1. The molecule has 1 rings (SSSR count). The zero-order valence-corrected chi connectivity index (χ0v) is 31.2. The van der Waals surface area contributed by atoms with Crippen molar-refractivity contribution in [3.05, 3.63) is 35.9 Å². The van der Waals surface area contributed by atoms with Crippen LogP contribution in [0.1, 0.15) is 64.4 Å². The third kappa shape index (κ3) is 18.6. The molecule has 0 saturated carbocycles. The van der Waals surface area contributed by atoms with Crippen LogP contribution in [0.25, 0.3) is 0 Å². The van der Waals surface area contributed by atoms with Gasteiger partial charge in [-0.1, -0.05) is 44.2 Å². The van der Waals surface area contributed by atoms with Crippen molar-refractivity contribution in [1.29, 1.82) is 0 Å². The Morgan fingerprint density at radius 1 is 0.643 bits per heavy atom. The lowest BCUT2D eigenvalue weighted by Gasteiger charge is -2.28. The molecule has 6 atom stereocenters. The number of carbonyl (C=O) groups excluding carboxylic acids is 7. The first-order valence-electron chi connectivity index (χ1n) is 17.6. The van der Waals surface area contributed by atoms with Crippen molar-refractivity contribution in [3.63, 3.8) is 0 Å². The molecule has 22 heteroatoms. The quantitative estimate of drug-likeness (QED) is 0.0240. The first-order chi connectivity index (χ1) is 26.2. The van der Waals surface area contributed by atoms with E-state index < -0.39 is 115 Å². The molecule has 0 unspecified atom stereocenters. The van der Waals surface area contributed by atoms with E-state index >= 15 is 0 Å². The summed E-state index contributed by atoms with van der Waals surface area (Å²) in [5.41, 5.74) is 27.2. The average molecular weight is 792 g/mol. The maximum absolute atomic E-state index is 13.9. The van der Waals surface area contributed by atoms with Gasteiger partial charge >= 0.3 is 11.9 Å². The minimum Gasteiger partial charge on any atom is -0.481 e. The van der Waals surface area contributed by atoms with E-state index in [0.717, 1.165) is 0 Å². The Balaban J connectivity index is 3.40. The van der Waals surface area contributed by atoms with Gasteiger partial charge in [0.2, 0.25) is 41.4 Å². The van der Waals surface area contributed by atoms with Gasteiger partial charge in [-0.15, -0.1) is 0 Å². The van der Waals surface area contributed by atoms with Gasteiger partial charge in [0.15, 0.2) is 5.96 Å². The highest BCUT2D eigenvalue weighted by atomic mass is 16.4. The number of carboxylic acid groups (broad SMARTS) is 2. The van der Waals surface area contributed by atoms with Crippen molar-refractivity contribution in [2.75, 3.05) is 6.54 Å². The Kier molecular flexibility index (Phi) is 20.6. The molecule has 0 heterocycles. The minimum absolute atomic E-state index is 0.0439. The third-order valence-electron chi connectivity index (χ3n) is 8.07. The fourth-order valence-corrected chi connectivity index (χ4v) is 5.10. The Labute approximate surface area is 322 Å². The lowest BCUT2D eigenvalue weighted by Crippen LogP contribution is -2.60. The van der Waals surface area contributed by atoms with Crippen molar-refractivity contribution < 1.29 is 53.4 Å². The van der Waals surface area contributed by atoms with Crippen molar-refractivity contribution in [2.24, 2.45) is 39.6 Å². The number of rotatable bonds is 26. The van der Waals surface area contributed by atoms with Crippen LogP contribution in [0.3, 0.4) is 0 Å². The zero-order chi connectivity index (χ0) is 42.5. The summed E-state index contributed by atoms with van der Waals surface area (Å²) in [6.45, 7) is 3.21. The second-order valence-corrected chi connectivity index (χ2v) is 13.2. The summed E-state index contributed by atoms with van der Waals surface area (Å²) in [5.74, 6) is -9.92. The molecule has 17 N–H and O–H groups in total. The molecule has 0 aliphatic heterocycles. The molecule has 7 amide bonds. The monoisotopic (exact) mass is 791 g/mol. The molecular formula is C34H53N11O11. The molecule has 22 nitrogen and oxygen atoms in total. The number of carboxylic acids is 2. The van der Waals surface area contributed by atoms with E-state index in [1.165, 1.54) is 0 Å². The van der Waals surface area contributed by atoms with Gasteiger partial charge in [0, 0.05) is 25.8 Å². The standard InChI is InChI=1S/C34H53N11O11/c1-17(2)27(32(54)42-20(9-6-14-40-34(38)39)29(51)43-22(33(55)56)10-12-24(36)46)45-31(53)23(15-18-7-4-3-5-8-18)44-30(52)21(11-13-26(48)49)41-28(50)19(35)16-25(37)47/h3-5,7-8,17,19-23,27H,6,9-16,35H2,1-2H3,(H2,36,46)(H2,37,47)(H,41,50)(H,42,54)(H,43,51)(H,44,52)(H,45,53)(H,48,49)(H,55,56)(H4,38,39,40)/t19-,20-,21-,22-,23-,27-/m0/s1. The summed E-state index contributed by atoms with van der Waals surface area (Å²) in [6.07, 6.45) is -2.32. The number of nitrogens with zero attached hydrogens (tertiary/aromatic N) is 1. The minimum atomic E-state index is -1.53. The van der Waals surface area contributed by atoms with Gasteiger partial charge < -0.3 is 65.5 Å². The predicted octanol–water partition coefficient (Wildman–Crippen LogP) is -4.22. The highest BCUT2D eigenvalue weighted by Crippen LogP contribution is 2.10. The van der Waals surface area contributed by atoms with Crippen molar-refractivity contribution in [3.8, 4) is 0 Å². The van der Waals surface area contributed by atoms with E-state index in [9.17, 15) is 53.4 Å². The number of carbonyl (C=O) groups is 9. The van der Waals surface area contributed by atoms with Crippen LogP contribution in [0.2, 0.25) is 0 Å². The second kappa shape index (κ2) is 24.2. The van der Waals surface area contributed by atoms with Crippen LogP contribution in [-0.2, 0) is 49.6 Å². The summed E-state index contributed by atoms with van der Waals surface area (Å²) in [6, 6.07) is -0.260. The van der Waals surface area contributed by atoms with Crippen LogP contribution in [0.5, 0.6) is 0 Å². The summed E-state index contributed by atoms with van der Waals surface area (Å²) in [7, 11) is 0. The van der Waals surface area contributed by atoms with Gasteiger partial charge in [-0.2, -0.15) is 0 Å². The first-order valence-corrected chi connectivity index (χ1v) is 17.6. The Morgan fingerprint density at radius 2 is 1.16 bits per heavy atom. The van der Waals surface area contributed by atoms with Crippen LogP contribution in [0, 0.1) is 5.92 Å². The van der Waals surface area contributed by atoms with Gasteiger partial charge in [0.25, 0.3) is 0 Å². The van der Waals surface area contributed by atoms with Gasteiger partial charge in [0.1, 0.15) is 30.2 Å². The molecule has 0 aliphatic rings. The maximum atomic E-state index is 13.9. The van der Waals surface area contributed by atoms with Crippen LogP contribution < -0.4 is 55.3 Å². The molecule has 310 valence electrons. The van der Waals surface area contributed by atoms with E-state index in [0.29, 0.717) is 5.56 Å². The number of amides is 7. The van der Waals surface area contributed by atoms with Gasteiger partial charge in [0.05, 0.1) is 12.5 Å². The van der Waals surface area contributed by atoms with E-state index in [-0.39, 0.29) is 44.6 Å². The van der Waals surface area contributed by atoms with Crippen LogP contribution in [0.15, 0.2) is 35.3 Å². The molecule has 1 aromatic carbocycles. The fraction of sp³-hybridized carbons (Fsp3) is 0.529. The predicted molar refractivity (Wildman–Crippen MR) is 199 cm³/mol. The molecule has 1 aromatic rings. The normalized spacial score (nSPS) is 14.0. The fourth-order valence-electron chi connectivity index (χ4n) is 5.10. The molecule has 56 heavy (non-hydrogen) atoms. The number of primary amides is 2. The zero-order valence-electron chi connectivity index (χ0n) is 31.2.